The Morgan fingerprint density at radius 1 is 0.467 bits per heavy atom. The van der Waals surface area contributed by atoms with Crippen LogP contribution in [0.3, 0.4) is 0 Å². The van der Waals surface area contributed by atoms with Crippen LogP contribution in [0.4, 0.5) is 17.1 Å². The molecule has 45 heavy (non-hydrogen) atoms. The molecule has 0 fully saturated rings. The van der Waals surface area contributed by atoms with E-state index in [4.69, 9.17) is 4.42 Å². The molecule has 1 aliphatic rings. The molecular weight excluding hydrogens is 546 g/mol. The van der Waals surface area contributed by atoms with E-state index in [1.807, 2.05) is 12.1 Å². The highest BCUT2D eigenvalue weighted by molar-refractivity contribution is 6.19. The molecule has 0 radical (unpaired) electrons. The number of rotatable bonds is 4. The van der Waals surface area contributed by atoms with E-state index in [0.29, 0.717) is 0 Å². The third kappa shape index (κ3) is 3.96. The second-order valence-electron chi connectivity index (χ2n) is 12.6. The summed E-state index contributed by atoms with van der Waals surface area (Å²) < 4.78 is 6.15. The number of hydrogen-bond donors (Lipinski definition) is 0. The molecule has 0 saturated carbocycles. The Kier molecular flexibility index (Phi) is 5.58. The van der Waals surface area contributed by atoms with E-state index >= 15 is 0 Å². The average molecular weight is 578 g/mol. The number of nitrogens with zero attached hydrogens (tertiary/aromatic N) is 1. The second-order valence-corrected chi connectivity index (χ2v) is 12.6. The average Bonchev–Trinajstić information content (AvgIpc) is 3.58. The van der Waals surface area contributed by atoms with Gasteiger partial charge in [-0.3, -0.25) is 0 Å². The minimum atomic E-state index is -0.109. The van der Waals surface area contributed by atoms with Crippen molar-refractivity contribution in [3.05, 3.63) is 163 Å². The molecule has 1 aliphatic carbocycles. The van der Waals surface area contributed by atoms with Crippen LogP contribution in [0.5, 0.6) is 0 Å². The van der Waals surface area contributed by atoms with Crippen LogP contribution in [0.1, 0.15) is 25.0 Å². The Bertz CT molecular complexity index is 2360. The molecule has 0 aliphatic heterocycles. The molecule has 0 N–H and O–H groups in total. The zero-order chi connectivity index (χ0) is 30.1. The predicted molar refractivity (Wildman–Crippen MR) is 189 cm³/mol. The fourth-order valence-electron chi connectivity index (χ4n) is 7.39. The van der Waals surface area contributed by atoms with Gasteiger partial charge < -0.3 is 9.32 Å². The van der Waals surface area contributed by atoms with Gasteiger partial charge in [0.25, 0.3) is 0 Å². The van der Waals surface area contributed by atoms with E-state index in [1.165, 1.54) is 54.9 Å². The summed E-state index contributed by atoms with van der Waals surface area (Å²) in [5, 5.41) is 4.81. The summed E-state index contributed by atoms with van der Waals surface area (Å²) >= 11 is 0. The van der Waals surface area contributed by atoms with Crippen molar-refractivity contribution in [3.8, 4) is 22.3 Å². The van der Waals surface area contributed by atoms with Gasteiger partial charge in [0.1, 0.15) is 11.2 Å². The van der Waals surface area contributed by atoms with Crippen molar-refractivity contribution in [1.29, 1.82) is 0 Å². The Balaban J connectivity index is 1.15. The van der Waals surface area contributed by atoms with Crippen LogP contribution in [0.2, 0.25) is 0 Å². The monoisotopic (exact) mass is 577 g/mol. The number of para-hydroxylation sites is 3. The van der Waals surface area contributed by atoms with E-state index in [1.54, 1.807) is 0 Å². The zero-order valence-corrected chi connectivity index (χ0v) is 25.3. The zero-order valence-electron chi connectivity index (χ0n) is 25.3. The summed E-state index contributed by atoms with van der Waals surface area (Å²) in [5.74, 6) is 0. The second kappa shape index (κ2) is 9.70. The van der Waals surface area contributed by atoms with Crippen molar-refractivity contribution in [3.63, 3.8) is 0 Å². The summed E-state index contributed by atoms with van der Waals surface area (Å²) in [7, 11) is 0. The molecule has 0 unspecified atom stereocenters. The van der Waals surface area contributed by atoms with Gasteiger partial charge in [-0.05, 0) is 105 Å². The van der Waals surface area contributed by atoms with Crippen LogP contribution in [0.15, 0.2) is 156 Å². The van der Waals surface area contributed by atoms with Crippen LogP contribution in [0, 0.1) is 0 Å². The van der Waals surface area contributed by atoms with Gasteiger partial charge in [0.05, 0.1) is 0 Å². The minimum Gasteiger partial charge on any atom is -0.456 e. The normalized spacial score (nSPS) is 13.3. The maximum atomic E-state index is 6.15. The van der Waals surface area contributed by atoms with Crippen molar-refractivity contribution in [2.45, 2.75) is 19.3 Å². The van der Waals surface area contributed by atoms with Crippen LogP contribution in [0.25, 0.3) is 55.0 Å². The van der Waals surface area contributed by atoms with Crippen molar-refractivity contribution in [2.24, 2.45) is 0 Å². The third-order valence-corrected chi connectivity index (χ3v) is 9.64. The summed E-state index contributed by atoms with van der Waals surface area (Å²) in [6, 6.07) is 54.7. The maximum Gasteiger partial charge on any atom is 0.136 e. The van der Waals surface area contributed by atoms with E-state index in [2.05, 4.69) is 158 Å². The SMILES string of the molecule is CC1(C)c2ccc(N(c3ccccc3)c3ccccc3)cc2-c2ccc(-c3ccc4c(ccc5oc6ccccc6c54)c3)cc21. The highest BCUT2D eigenvalue weighted by atomic mass is 16.3. The third-order valence-electron chi connectivity index (χ3n) is 9.64. The number of fused-ring (bicyclic) bond motifs is 8. The van der Waals surface area contributed by atoms with Gasteiger partial charge in [-0.2, -0.15) is 0 Å². The fraction of sp³-hybridized carbons (Fsp3) is 0.0698. The molecule has 9 rings (SSSR count). The van der Waals surface area contributed by atoms with Gasteiger partial charge in [-0.1, -0.05) is 105 Å². The Morgan fingerprint density at radius 3 is 1.93 bits per heavy atom. The highest BCUT2D eigenvalue weighted by Crippen LogP contribution is 2.51. The fourth-order valence-corrected chi connectivity index (χ4v) is 7.39. The molecule has 1 aromatic heterocycles. The molecule has 0 spiro atoms. The van der Waals surface area contributed by atoms with Gasteiger partial charge in [0.2, 0.25) is 0 Å². The maximum absolute atomic E-state index is 6.15. The molecule has 0 amide bonds. The molecule has 214 valence electrons. The van der Waals surface area contributed by atoms with Crippen molar-refractivity contribution < 1.29 is 4.42 Å². The first-order chi connectivity index (χ1) is 22.1. The van der Waals surface area contributed by atoms with Crippen molar-refractivity contribution in [1.82, 2.24) is 0 Å². The summed E-state index contributed by atoms with van der Waals surface area (Å²) in [4.78, 5) is 2.34. The molecule has 0 atom stereocenters. The lowest BCUT2D eigenvalue weighted by Crippen LogP contribution is -2.15. The molecule has 8 aromatic rings. The predicted octanol–water partition coefficient (Wildman–Crippen LogP) is 12.2. The molecule has 2 nitrogen and oxygen atoms in total. The molecule has 2 heteroatoms. The smallest absolute Gasteiger partial charge is 0.136 e. The van der Waals surface area contributed by atoms with Crippen molar-refractivity contribution >= 4 is 49.8 Å². The Labute approximate surface area is 262 Å². The summed E-state index contributed by atoms with van der Waals surface area (Å²) in [6.45, 7) is 4.71. The molecule has 0 saturated heterocycles. The first-order valence-corrected chi connectivity index (χ1v) is 15.6. The van der Waals surface area contributed by atoms with Crippen LogP contribution in [-0.4, -0.2) is 0 Å². The van der Waals surface area contributed by atoms with Gasteiger partial charge in [0, 0.05) is 33.2 Å². The van der Waals surface area contributed by atoms with Crippen LogP contribution < -0.4 is 4.90 Å². The summed E-state index contributed by atoms with van der Waals surface area (Å²) in [6.07, 6.45) is 0. The molecule has 7 aromatic carbocycles. The quantitative estimate of drug-likeness (QED) is 0.207. The first-order valence-electron chi connectivity index (χ1n) is 15.6. The number of furan rings is 1. The lowest BCUT2D eigenvalue weighted by atomic mass is 9.81. The lowest BCUT2D eigenvalue weighted by Gasteiger charge is -2.27. The van der Waals surface area contributed by atoms with Gasteiger partial charge >= 0.3 is 0 Å². The van der Waals surface area contributed by atoms with Gasteiger partial charge in [0.15, 0.2) is 0 Å². The van der Waals surface area contributed by atoms with E-state index in [9.17, 15) is 0 Å². The minimum absolute atomic E-state index is 0.109. The highest BCUT2D eigenvalue weighted by Gasteiger charge is 2.36. The first kappa shape index (κ1) is 25.9. The molecular formula is C43H31NO. The van der Waals surface area contributed by atoms with Gasteiger partial charge in [-0.15, -0.1) is 0 Å². The van der Waals surface area contributed by atoms with E-state index < -0.39 is 0 Å². The topological polar surface area (TPSA) is 16.4 Å². The number of anilines is 3. The number of hydrogen-bond acceptors (Lipinski definition) is 2. The van der Waals surface area contributed by atoms with Crippen LogP contribution >= 0.6 is 0 Å². The van der Waals surface area contributed by atoms with E-state index in [-0.39, 0.29) is 5.41 Å². The standard InChI is InChI=1S/C43H31NO/c1-43(2)38-23-20-33(44(31-11-5-3-6-12-31)32-13-7-4-8-14-32)27-37(38)35-22-18-29(26-39(35)43)28-17-21-34-30(25-28)19-24-41-42(34)36-15-9-10-16-40(36)45-41/h3-27H,1-2H3. The largest absolute Gasteiger partial charge is 0.456 e. The molecule has 0 bridgehead atoms. The van der Waals surface area contributed by atoms with Gasteiger partial charge in [-0.25, -0.2) is 0 Å². The summed E-state index contributed by atoms with van der Waals surface area (Å²) in [5.41, 5.74) is 13.0. The lowest BCUT2D eigenvalue weighted by molar-refractivity contribution is 0.660. The van der Waals surface area contributed by atoms with E-state index in [0.717, 1.165) is 28.2 Å². The van der Waals surface area contributed by atoms with Crippen LogP contribution in [-0.2, 0) is 5.41 Å². The number of benzene rings is 7. The Hall–Kier alpha value is -5.60. The van der Waals surface area contributed by atoms with Crippen molar-refractivity contribution in [2.75, 3.05) is 4.90 Å². The Morgan fingerprint density at radius 2 is 1.16 bits per heavy atom. The molecule has 1 heterocycles.